The number of hydrogen-bond donors (Lipinski definition) is 0. The normalized spacial score (nSPS) is 12.5. The Labute approximate surface area is 150 Å². The van der Waals surface area contributed by atoms with Gasteiger partial charge in [-0.1, -0.05) is 80.9 Å². The fourth-order valence-corrected chi connectivity index (χ4v) is 2.71. The summed E-state index contributed by atoms with van der Waals surface area (Å²) in [6, 6.07) is 17.4. The van der Waals surface area contributed by atoms with Gasteiger partial charge < -0.3 is 4.74 Å². The van der Waals surface area contributed by atoms with Gasteiger partial charge in [0.2, 0.25) is 0 Å². The van der Waals surface area contributed by atoms with Crippen LogP contribution in [0.1, 0.15) is 37.5 Å². The zero-order valence-corrected chi connectivity index (χ0v) is 15.4. The van der Waals surface area contributed by atoms with E-state index < -0.39 is 17.3 Å². The monoisotopic (exact) mass is 338 g/mol. The molecule has 2 aromatic rings. The van der Waals surface area contributed by atoms with E-state index in [0.717, 1.165) is 16.7 Å². The molecule has 1 unspecified atom stereocenters. The largest absolute Gasteiger partial charge is 0.460 e. The number of carbonyl (C=O) groups is 2. The van der Waals surface area contributed by atoms with Crippen LogP contribution in [-0.4, -0.2) is 11.8 Å². The predicted octanol–water partition coefficient (Wildman–Crippen LogP) is 4.51. The lowest BCUT2D eigenvalue weighted by molar-refractivity contribution is -0.155. The predicted molar refractivity (Wildman–Crippen MR) is 99.1 cm³/mol. The van der Waals surface area contributed by atoms with Crippen molar-refractivity contribution in [1.29, 1.82) is 0 Å². The van der Waals surface area contributed by atoms with Crippen molar-refractivity contribution < 1.29 is 14.3 Å². The highest BCUT2D eigenvalue weighted by Crippen LogP contribution is 2.24. The molecule has 1 atom stereocenters. The molecule has 0 heterocycles. The van der Waals surface area contributed by atoms with E-state index in [-0.39, 0.29) is 12.4 Å². The van der Waals surface area contributed by atoms with Gasteiger partial charge in [0, 0.05) is 5.41 Å². The highest BCUT2D eigenvalue weighted by Gasteiger charge is 2.35. The van der Waals surface area contributed by atoms with Gasteiger partial charge >= 0.3 is 5.97 Å². The lowest BCUT2D eigenvalue weighted by atomic mass is 9.80. The summed E-state index contributed by atoms with van der Waals surface area (Å²) in [6.07, 6.45) is 0.366. The second-order valence-corrected chi connectivity index (χ2v) is 7.45. The Hall–Kier alpha value is -2.42. The van der Waals surface area contributed by atoms with Crippen molar-refractivity contribution in [3.8, 4) is 0 Å². The average molecular weight is 338 g/mol. The first kappa shape index (κ1) is 18.9. The Morgan fingerprint density at radius 3 is 2.20 bits per heavy atom. The molecule has 0 aliphatic heterocycles. The quantitative estimate of drug-likeness (QED) is 0.575. The summed E-state index contributed by atoms with van der Waals surface area (Å²) in [7, 11) is 0. The van der Waals surface area contributed by atoms with E-state index in [9.17, 15) is 9.59 Å². The fraction of sp³-hybridized carbons (Fsp3) is 0.364. The molecule has 0 spiro atoms. The number of Topliss-reactive ketones (excluding diaryl/α,β-unsaturated/α-hetero) is 1. The first-order valence-corrected chi connectivity index (χ1v) is 8.58. The maximum Gasteiger partial charge on any atom is 0.317 e. The zero-order chi connectivity index (χ0) is 18.4. The van der Waals surface area contributed by atoms with Crippen molar-refractivity contribution >= 4 is 11.8 Å². The van der Waals surface area contributed by atoms with Gasteiger partial charge in [-0.3, -0.25) is 9.59 Å². The number of ketones is 1. The molecule has 0 N–H and O–H groups in total. The number of ether oxygens (including phenoxy) is 1. The molecule has 2 aromatic carbocycles. The molecule has 3 nitrogen and oxygen atoms in total. The molecule has 25 heavy (non-hydrogen) atoms. The summed E-state index contributed by atoms with van der Waals surface area (Å²) in [5, 5.41) is 0. The van der Waals surface area contributed by atoms with Gasteiger partial charge in [-0.2, -0.15) is 0 Å². The topological polar surface area (TPSA) is 43.4 Å². The van der Waals surface area contributed by atoms with Crippen LogP contribution in [0, 0.1) is 18.3 Å². The van der Waals surface area contributed by atoms with Gasteiger partial charge in [-0.05, 0) is 24.5 Å². The summed E-state index contributed by atoms with van der Waals surface area (Å²) < 4.78 is 5.45. The van der Waals surface area contributed by atoms with Gasteiger partial charge in [0.25, 0.3) is 0 Å². The van der Waals surface area contributed by atoms with E-state index in [1.54, 1.807) is 0 Å². The van der Waals surface area contributed by atoms with E-state index in [0.29, 0.717) is 6.42 Å². The Morgan fingerprint density at radius 1 is 0.960 bits per heavy atom. The van der Waals surface area contributed by atoms with Crippen molar-refractivity contribution in [3.05, 3.63) is 71.3 Å². The minimum atomic E-state index is -0.787. The van der Waals surface area contributed by atoms with E-state index in [1.807, 2.05) is 82.3 Å². The third kappa shape index (κ3) is 5.56. The summed E-state index contributed by atoms with van der Waals surface area (Å²) in [6.45, 7) is 7.69. The molecule has 0 aliphatic rings. The van der Waals surface area contributed by atoms with Crippen LogP contribution in [0.15, 0.2) is 54.6 Å². The first-order chi connectivity index (χ1) is 11.8. The molecular formula is C22H26O3. The first-order valence-electron chi connectivity index (χ1n) is 8.58. The molecule has 132 valence electrons. The molecular weight excluding hydrogens is 312 g/mol. The fourth-order valence-electron chi connectivity index (χ4n) is 2.71. The minimum absolute atomic E-state index is 0.0907. The molecule has 0 fully saturated rings. The number of rotatable bonds is 6. The van der Waals surface area contributed by atoms with Crippen LogP contribution in [0.4, 0.5) is 0 Å². The van der Waals surface area contributed by atoms with Crippen molar-refractivity contribution in [1.82, 2.24) is 0 Å². The SMILES string of the molecule is Cc1cccc(CC(C(=O)OCc2ccccc2)C(=O)C(C)(C)C)c1. The van der Waals surface area contributed by atoms with Crippen LogP contribution < -0.4 is 0 Å². The Balaban J connectivity index is 2.15. The number of hydrogen-bond acceptors (Lipinski definition) is 3. The maximum absolute atomic E-state index is 12.8. The van der Waals surface area contributed by atoms with Crippen molar-refractivity contribution in [2.75, 3.05) is 0 Å². The summed E-state index contributed by atoms with van der Waals surface area (Å²) in [5.74, 6) is -1.33. The molecule has 0 bridgehead atoms. The van der Waals surface area contributed by atoms with Gasteiger partial charge in [0.05, 0.1) is 0 Å². The van der Waals surface area contributed by atoms with Gasteiger partial charge in [-0.25, -0.2) is 0 Å². The second kappa shape index (κ2) is 8.11. The van der Waals surface area contributed by atoms with E-state index in [4.69, 9.17) is 4.74 Å². The molecule has 3 heteroatoms. The number of esters is 1. The standard InChI is InChI=1S/C22H26O3/c1-16-9-8-12-18(13-16)14-19(20(23)22(2,3)4)21(24)25-15-17-10-6-5-7-11-17/h5-13,19H,14-15H2,1-4H3. The smallest absolute Gasteiger partial charge is 0.317 e. The summed E-state index contributed by atoms with van der Waals surface area (Å²) in [5.41, 5.74) is 2.39. The van der Waals surface area contributed by atoms with Crippen LogP contribution in [-0.2, 0) is 27.4 Å². The highest BCUT2D eigenvalue weighted by atomic mass is 16.5. The molecule has 0 aromatic heterocycles. The van der Waals surface area contributed by atoms with Gasteiger partial charge in [0.15, 0.2) is 5.78 Å². The number of aryl methyl sites for hydroxylation is 1. The molecule has 0 saturated carbocycles. The van der Waals surface area contributed by atoms with E-state index in [2.05, 4.69) is 0 Å². The lowest BCUT2D eigenvalue weighted by Crippen LogP contribution is -2.36. The van der Waals surface area contributed by atoms with Crippen LogP contribution in [0.2, 0.25) is 0 Å². The Kier molecular flexibility index (Phi) is 6.13. The van der Waals surface area contributed by atoms with Crippen LogP contribution in [0.3, 0.4) is 0 Å². The molecule has 0 radical (unpaired) electrons. The Bertz CT molecular complexity index is 726. The molecule has 0 saturated heterocycles. The minimum Gasteiger partial charge on any atom is -0.460 e. The van der Waals surface area contributed by atoms with Crippen molar-refractivity contribution in [2.45, 2.75) is 40.7 Å². The van der Waals surface area contributed by atoms with Crippen LogP contribution in [0.5, 0.6) is 0 Å². The van der Waals surface area contributed by atoms with E-state index >= 15 is 0 Å². The summed E-state index contributed by atoms with van der Waals surface area (Å²) >= 11 is 0. The van der Waals surface area contributed by atoms with Crippen molar-refractivity contribution in [2.24, 2.45) is 11.3 Å². The summed E-state index contributed by atoms with van der Waals surface area (Å²) in [4.78, 5) is 25.5. The highest BCUT2D eigenvalue weighted by molar-refractivity contribution is 6.01. The van der Waals surface area contributed by atoms with E-state index in [1.165, 1.54) is 0 Å². The van der Waals surface area contributed by atoms with Crippen LogP contribution >= 0.6 is 0 Å². The molecule has 0 aliphatic carbocycles. The lowest BCUT2D eigenvalue weighted by Gasteiger charge is -2.23. The Morgan fingerprint density at radius 2 is 1.60 bits per heavy atom. The molecule has 0 amide bonds. The van der Waals surface area contributed by atoms with Gasteiger partial charge in [0.1, 0.15) is 12.5 Å². The number of carbonyl (C=O) groups excluding carboxylic acids is 2. The van der Waals surface area contributed by atoms with Crippen molar-refractivity contribution in [3.63, 3.8) is 0 Å². The van der Waals surface area contributed by atoms with Crippen LogP contribution in [0.25, 0.3) is 0 Å². The van der Waals surface area contributed by atoms with Gasteiger partial charge in [-0.15, -0.1) is 0 Å². The third-order valence-corrected chi connectivity index (χ3v) is 4.09. The maximum atomic E-state index is 12.8. The number of benzene rings is 2. The molecule has 2 rings (SSSR count). The zero-order valence-electron chi connectivity index (χ0n) is 15.4. The second-order valence-electron chi connectivity index (χ2n) is 7.45. The average Bonchev–Trinajstić information content (AvgIpc) is 2.57. The third-order valence-electron chi connectivity index (χ3n) is 4.09.